The second-order valence-corrected chi connectivity index (χ2v) is 7.56. The van der Waals surface area contributed by atoms with Crippen LogP contribution in [0, 0.1) is 12.2 Å². The van der Waals surface area contributed by atoms with E-state index in [2.05, 4.69) is 17.6 Å². The third-order valence-corrected chi connectivity index (χ3v) is 5.68. The van der Waals surface area contributed by atoms with Crippen LogP contribution in [0.4, 0.5) is 4.39 Å². The van der Waals surface area contributed by atoms with Gasteiger partial charge in [0.05, 0.1) is 5.52 Å². The van der Waals surface area contributed by atoms with Crippen molar-refractivity contribution >= 4 is 39.8 Å². The highest BCUT2D eigenvalue weighted by Gasteiger charge is 2.24. The molecule has 1 radical (unpaired) electrons. The molecule has 1 nitrogen and oxygen atoms in total. The van der Waals surface area contributed by atoms with Crippen molar-refractivity contribution in [3.63, 3.8) is 0 Å². The van der Waals surface area contributed by atoms with E-state index in [0.717, 1.165) is 44.9 Å². The number of hydrogen-bond donors (Lipinski definition) is 0. The third kappa shape index (κ3) is 2.56. The van der Waals surface area contributed by atoms with E-state index in [-0.39, 0.29) is 5.82 Å². The van der Waals surface area contributed by atoms with Crippen molar-refractivity contribution in [2.75, 3.05) is 0 Å². The van der Waals surface area contributed by atoms with Gasteiger partial charge in [0.15, 0.2) is 0 Å². The minimum absolute atomic E-state index is 0.212. The molecule has 0 saturated heterocycles. The van der Waals surface area contributed by atoms with Crippen molar-refractivity contribution in [3.8, 4) is 0 Å². The SMILES string of the molecule is C=C(C)c1cc(F)cc2c1c(Sc1ccc(Cl)cc1)c1n2CC[CH]1. The molecular weight excluding hydrogens is 341 g/mol. The normalized spacial score (nSPS) is 13.5. The van der Waals surface area contributed by atoms with Gasteiger partial charge in [0.25, 0.3) is 0 Å². The van der Waals surface area contributed by atoms with Gasteiger partial charge >= 0.3 is 0 Å². The van der Waals surface area contributed by atoms with Crippen molar-refractivity contribution in [1.82, 2.24) is 4.57 Å². The van der Waals surface area contributed by atoms with Gasteiger partial charge in [-0.1, -0.05) is 35.5 Å². The predicted octanol–water partition coefficient (Wildman–Crippen LogP) is 6.57. The lowest BCUT2D eigenvalue weighted by Gasteiger charge is -2.08. The largest absolute Gasteiger partial charge is 0.343 e. The molecule has 1 aliphatic rings. The summed E-state index contributed by atoms with van der Waals surface area (Å²) >= 11 is 7.69. The molecule has 0 saturated carbocycles. The standard InChI is InChI=1S/C20H16ClFNS/c1-12(2)16-10-14(22)11-18-19(16)20(17-4-3-9-23(17)18)24-15-7-5-13(21)6-8-15/h4-8,10-11H,1,3,9H2,2H3. The second-order valence-electron chi connectivity index (χ2n) is 6.04. The molecule has 121 valence electrons. The smallest absolute Gasteiger partial charge is 0.125 e. The predicted molar refractivity (Wildman–Crippen MR) is 100 cm³/mol. The molecule has 0 aliphatic carbocycles. The lowest BCUT2D eigenvalue weighted by atomic mass is 10.0. The van der Waals surface area contributed by atoms with E-state index < -0.39 is 0 Å². The van der Waals surface area contributed by atoms with Crippen molar-refractivity contribution in [1.29, 1.82) is 0 Å². The highest BCUT2D eigenvalue weighted by molar-refractivity contribution is 7.99. The van der Waals surface area contributed by atoms with Gasteiger partial charge in [0.2, 0.25) is 0 Å². The van der Waals surface area contributed by atoms with Crippen LogP contribution in [0.1, 0.15) is 24.6 Å². The Kier molecular flexibility index (Phi) is 3.93. The second kappa shape index (κ2) is 5.98. The van der Waals surface area contributed by atoms with Gasteiger partial charge in [-0.25, -0.2) is 4.39 Å². The molecule has 2 heterocycles. The summed E-state index contributed by atoms with van der Waals surface area (Å²) in [4.78, 5) is 2.29. The van der Waals surface area contributed by atoms with E-state index in [1.54, 1.807) is 23.9 Å². The summed E-state index contributed by atoms with van der Waals surface area (Å²) in [6.07, 6.45) is 3.22. The van der Waals surface area contributed by atoms with Crippen molar-refractivity contribution < 1.29 is 4.39 Å². The van der Waals surface area contributed by atoms with Crippen molar-refractivity contribution in [2.24, 2.45) is 0 Å². The number of aromatic nitrogens is 1. The molecule has 0 fully saturated rings. The van der Waals surface area contributed by atoms with Gasteiger partial charge in [0.1, 0.15) is 5.82 Å². The molecule has 2 aromatic carbocycles. The Morgan fingerprint density at radius 3 is 2.71 bits per heavy atom. The van der Waals surface area contributed by atoms with E-state index in [4.69, 9.17) is 11.6 Å². The van der Waals surface area contributed by atoms with Crippen LogP contribution in [0.2, 0.25) is 5.02 Å². The first-order valence-corrected chi connectivity index (χ1v) is 9.02. The zero-order chi connectivity index (χ0) is 16.8. The molecule has 4 rings (SSSR count). The van der Waals surface area contributed by atoms with Gasteiger partial charge in [-0.15, -0.1) is 0 Å². The number of fused-ring (bicyclic) bond motifs is 3. The van der Waals surface area contributed by atoms with E-state index in [1.165, 1.54) is 10.6 Å². The number of rotatable bonds is 3. The van der Waals surface area contributed by atoms with Crippen molar-refractivity contribution in [3.05, 3.63) is 71.5 Å². The molecule has 3 aromatic rings. The van der Waals surface area contributed by atoms with Gasteiger partial charge in [-0.2, -0.15) is 0 Å². The van der Waals surface area contributed by atoms with Crippen LogP contribution in [0.5, 0.6) is 0 Å². The lowest BCUT2D eigenvalue weighted by Crippen LogP contribution is -1.92. The molecule has 0 unspecified atom stereocenters. The Bertz CT molecular complexity index is 956. The Hall–Kier alpha value is -1.71. The number of benzene rings is 2. The summed E-state index contributed by atoms with van der Waals surface area (Å²) in [5.41, 5.74) is 3.89. The number of halogens is 2. The number of allylic oxidation sites excluding steroid dienone is 1. The van der Waals surface area contributed by atoms with Crippen LogP contribution in [-0.4, -0.2) is 4.57 Å². The number of aryl methyl sites for hydroxylation is 1. The first-order valence-electron chi connectivity index (χ1n) is 7.83. The lowest BCUT2D eigenvalue weighted by molar-refractivity contribution is 0.627. The van der Waals surface area contributed by atoms with Crippen LogP contribution in [-0.2, 0) is 6.54 Å². The molecule has 0 atom stereocenters. The van der Waals surface area contributed by atoms with E-state index in [9.17, 15) is 4.39 Å². The van der Waals surface area contributed by atoms with Gasteiger partial charge in [0, 0.05) is 38.9 Å². The molecule has 0 amide bonds. The number of hydrogen-bond acceptors (Lipinski definition) is 1. The first kappa shape index (κ1) is 15.8. The Morgan fingerprint density at radius 2 is 2.00 bits per heavy atom. The molecule has 0 bridgehead atoms. The van der Waals surface area contributed by atoms with E-state index in [0.29, 0.717) is 0 Å². The highest BCUT2D eigenvalue weighted by Crippen LogP contribution is 2.44. The Morgan fingerprint density at radius 1 is 1.25 bits per heavy atom. The minimum atomic E-state index is -0.212. The van der Waals surface area contributed by atoms with Crippen molar-refractivity contribution in [2.45, 2.75) is 29.7 Å². The average Bonchev–Trinajstić information content (AvgIpc) is 3.12. The highest BCUT2D eigenvalue weighted by atomic mass is 35.5. The average molecular weight is 357 g/mol. The fourth-order valence-electron chi connectivity index (χ4n) is 3.26. The maximum Gasteiger partial charge on any atom is 0.125 e. The monoisotopic (exact) mass is 356 g/mol. The summed E-state index contributed by atoms with van der Waals surface area (Å²) < 4.78 is 16.3. The van der Waals surface area contributed by atoms with E-state index >= 15 is 0 Å². The fourth-order valence-corrected chi connectivity index (χ4v) is 4.51. The molecule has 4 heteroatoms. The molecule has 0 N–H and O–H groups in total. The maximum absolute atomic E-state index is 14.1. The first-order chi connectivity index (χ1) is 11.5. The third-order valence-electron chi connectivity index (χ3n) is 4.31. The summed E-state index contributed by atoms with van der Waals surface area (Å²) in [5, 5.41) is 1.82. The maximum atomic E-state index is 14.1. The summed E-state index contributed by atoms with van der Waals surface area (Å²) in [6.45, 7) is 6.87. The molecule has 0 spiro atoms. The number of nitrogens with zero attached hydrogens (tertiary/aromatic N) is 1. The van der Waals surface area contributed by atoms with Crippen LogP contribution in [0.3, 0.4) is 0 Å². The molecular formula is C20H16ClFNS. The topological polar surface area (TPSA) is 4.93 Å². The zero-order valence-corrected chi connectivity index (χ0v) is 14.8. The molecule has 1 aliphatic heterocycles. The van der Waals surface area contributed by atoms with Gasteiger partial charge in [-0.3, -0.25) is 0 Å². The molecule has 24 heavy (non-hydrogen) atoms. The van der Waals surface area contributed by atoms with Crippen LogP contribution >= 0.6 is 23.4 Å². The fraction of sp³-hybridized carbons (Fsp3) is 0.150. The van der Waals surface area contributed by atoms with Gasteiger partial charge < -0.3 is 4.57 Å². The van der Waals surface area contributed by atoms with Crippen LogP contribution < -0.4 is 0 Å². The minimum Gasteiger partial charge on any atom is -0.343 e. The van der Waals surface area contributed by atoms with Crippen LogP contribution in [0.25, 0.3) is 16.5 Å². The van der Waals surface area contributed by atoms with Crippen LogP contribution in [0.15, 0.2) is 52.8 Å². The zero-order valence-electron chi connectivity index (χ0n) is 13.3. The van der Waals surface area contributed by atoms with E-state index in [1.807, 2.05) is 31.2 Å². The summed E-state index contributed by atoms with van der Waals surface area (Å²) in [7, 11) is 0. The summed E-state index contributed by atoms with van der Waals surface area (Å²) in [6, 6.07) is 11.0. The Balaban J connectivity index is 1.96. The Labute approximate surface area is 150 Å². The summed E-state index contributed by atoms with van der Waals surface area (Å²) in [5.74, 6) is -0.212. The van der Waals surface area contributed by atoms with Gasteiger partial charge in [-0.05, 0) is 55.3 Å². The molecule has 1 aromatic heterocycles. The quantitative estimate of drug-likeness (QED) is 0.513.